The fraction of sp³-hybridized carbons (Fsp3) is 0.462. The van der Waals surface area contributed by atoms with Gasteiger partial charge in [0.1, 0.15) is 6.04 Å². The first kappa shape index (κ1) is 13.7. The highest BCUT2D eigenvalue weighted by Gasteiger charge is 2.19. The molecule has 0 fully saturated rings. The number of carbonyl (C=O) groups is 1. The van der Waals surface area contributed by atoms with E-state index in [1.807, 2.05) is 37.3 Å². The minimum atomic E-state index is -0.883. The molecule has 0 aliphatic carbocycles. The summed E-state index contributed by atoms with van der Waals surface area (Å²) in [6, 6.07) is 9.42. The van der Waals surface area contributed by atoms with Crippen LogP contribution in [0.1, 0.15) is 12.5 Å². The fourth-order valence-electron chi connectivity index (χ4n) is 1.73. The molecule has 1 aromatic carbocycles. The maximum absolute atomic E-state index is 10.9. The number of aliphatic carboxylic acids is 1. The van der Waals surface area contributed by atoms with E-state index in [1.165, 1.54) is 12.7 Å². The zero-order valence-corrected chi connectivity index (χ0v) is 10.2. The van der Waals surface area contributed by atoms with Crippen molar-refractivity contribution in [2.45, 2.75) is 25.4 Å². The molecule has 0 saturated carbocycles. The van der Waals surface area contributed by atoms with Gasteiger partial charge in [-0.1, -0.05) is 30.3 Å². The van der Waals surface area contributed by atoms with Crippen LogP contribution in [0.5, 0.6) is 0 Å². The van der Waals surface area contributed by atoms with Gasteiger partial charge in [0, 0.05) is 13.2 Å². The number of benzene rings is 1. The van der Waals surface area contributed by atoms with Crippen LogP contribution in [0.15, 0.2) is 30.3 Å². The van der Waals surface area contributed by atoms with Gasteiger partial charge in [-0.05, 0) is 18.9 Å². The van der Waals surface area contributed by atoms with Crippen molar-refractivity contribution in [3.05, 3.63) is 35.9 Å². The van der Waals surface area contributed by atoms with Gasteiger partial charge in [-0.3, -0.25) is 10.1 Å². The first-order valence-electron chi connectivity index (χ1n) is 5.65. The predicted octanol–water partition coefficient (Wildman–Crippen LogP) is 1.31. The highest BCUT2D eigenvalue weighted by molar-refractivity contribution is 5.73. The predicted molar refractivity (Wildman–Crippen MR) is 66.0 cm³/mol. The van der Waals surface area contributed by atoms with Crippen LogP contribution in [0, 0.1) is 0 Å². The highest BCUT2D eigenvalue weighted by atomic mass is 16.5. The summed E-state index contributed by atoms with van der Waals surface area (Å²) in [6.45, 7) is 2.15. The third-order valence-corrected chi connectivity index (χ3v) is 2.50. The minimum Gasteiger partial charge on any atom is -0.480 e. The second-order valence-corrected chi connectivity index (χ2v) is 4.10. The quantitative estimate of drug-likeness (QED) is 0.750. The zero-order chi connectivity index (χ0) is 12.7. The number of hydrogen-bond donors (Lipinski definition) is 2. The zero-order valence-electron chi connectivity index (χ0n) is 10.2. The summed E-state index contributed by atoms with van der Waals surface area (Å²) in [7, 11) is 1.50. The van der Waals surface area contributed by atoms with Crippen molar-refractivity contribution >= 4 is 5.97 Å². The second-order valence-electron chi connectivity index (χ2n) is 4.10. The molecule has 2 unspecified atom stereocenters. The molecule has 0 aromatic heterocycles. The summed E-state index contributed by atoms with van der Waals surface area (Å²) < 4.78 is 4.87. The van der Waals surface area contributed by atoms with Crippen molar-refractivity contribution < 1.29 is 14.6 Å². The Balaban J connectivity index is 2.47. The smallest absolute Gasteiger partial charge is 0.323 e. The van der Waals surface area contributed by atoms with Crippen LogP contribution in [-0.4, -0.2) is 36.9 Å². The molecule has 1 aromatic rings. The van der Waals surface area contributed by atoms with Crippen LogP contribution in [-0.2, 0) is 16.0 Å². The lowest BCUT2D eigenvalue weighted by atomic mass is 10.1. The summed E-state index contributed by atoms with van der Waals surface area (Å²) in [6.07, 6.45) is 0.800. The molecule has 0 aliphatic heterocycles. The largest absolute Gasteiger partial charge is 0.480 e. The first-order valence-corrected chi connectivity index (χ1v) is 5.65. The highest BCUT2D eigenvalue weighted by Crippen LogP contribution is 2.03. The molecule has 0 saturated heterocycles. The average Bonchev–Trinajstić information content (AvgIpc) is 2.29. The van der Waals surface area contributed by atoms with Crippen LogP contribution < -0.4 is 5.32 Å². The van der Waals surface area contributed by atoms with Crippen LogP contribution in [0.3, 0.4) is 0 Å². The maximum Gasteiger partial charge on any atom is 0.323 e. The third-order valence-electron chi connectivity index (χ3n) is 2.50. The van der Waals surface area contributed by atoms with Crippen molar-refractivity contribution in [3.8, 4) is 0 Å². The lowest BCUT2D eigenvalue weighted by Gasteiger charge is -2.19. The summed E-state index contributed by atoms with van der Waals surface area (Å²) in [5.41, 5.74) is 1.19. The van der Waals surface area contributed by atoms with E-state index in [1.54, 1.807) is 0 Å². The molecule has 0 radical (unpaired) electrons. The number of methoxy groups -OCH3 is 1. The Kier molecular flexibility index (Phi) is 5.66. The summed E-state index contributed by atoms with van der Waals surface area (Å²) in [5.74, 6) is -0.883. The third kappa shape index (κ3) is 4.97. The Morgan fingerprint density at radius 3 is 2.59 bits per heavy atom. The van der Waals surface area contributed by atoms with Gasteiger partial charge >= 0.3 is 5.97 Å². The molecule has 0 aliphatic rings. The van der Waals surface area contributed by atoms with Gasteiger partial charge in [0.05, 0.1) is 6.61 Å². The number of hydrogen-bond acceptors (Lipinski definition) is 3. The van der Waals surface area contributed by atoms with E-state index >= 15 is 0 Å². The SMILES string of the molecule is COCC(NC(C)Cc1ccccc1)C(=O)O. The standard InChI is InChI=1S/C13H19NO3/c1-10(8-11-6-4-3-5-7-11)14-12(9-17-2)13(15)16/h3-7,10,12,14H,8-9H2,1-2H3,(H,15,16). The molecule has 0 bridgehead atoms. The Morgan fingerprint density at radius 1 is 1.41 bits per heavy atom. The Morgan fingerprint density at radius 2 is 2.06 bits per heavy atom. The summed E-state index contributed by atoms with van der Waals surface area (Å²) in [5, 5.41) is 12.0. The lowest BCUT2D eigenvalue weighted by Crippen LogP contribution is -2.45. The van der Waals surface area contributed by atoms with Crippen LogP contribution in [0.4, 0.5) is 0 Å². The molecule has 17 heavy (non-hydrogen) atoms. The number of carboxylic acids is 1. The van der Waals surface area contributed by atoms with Crippen molar-refractivity contribution in [3.63, 3.8) is 0 Å². The van der Waals surface area contributed by atoms with Gasteiger partial charge in [-0.15, -0.1) is 0 Å². The molecule has 94 valence electrons. The van der Waals surface area contributed by atoms with E-state index in [4.69, 9.17) is 9.84 Å². The molecule has 2 N–H and O–H groups in total. The molecule has 0 heterocycles. The Hall–Kier alpha value is -1.39. The van der Waals surface area contributed by atoms with Gasteiger partial charge in [0.25, 0.3) is 0 Å². The van der Waals surface area contributed by atoms with Gasteiger partial charge in [0.2, 0.25) is 0 Å². The maximum atomic E-state index is 10.9. The van der Waals surface area contributed by atoms with Crippen molar-refractivity contribution in [2.75, 3.05) is 13.7 Å². The topological polar surface area (TPSA) is 58.6 Å². The summed E-state index contributed by atoms with van der Waals surface area (Å²) >= 11 is 0. The normalized spacial score (nSPS) is 14.2. The first-order chi connectivity index (χ1) is 8.13. The summed E-state index contributed by atoms with van der Waals surface area (Å²) in [4.78, 5) is 10.9. The lowest BCUT2D eigenvalue weighted by molar-refractivity contribution is -0.141. The van der Waals surface area contributed by atoms with Crippen molar-refractivity contribution in [1.29, 1.82) is 0 Å². The van der Waals surface area contributed by atoms with Crippen LogP contribution >= 0.6 is 0 Å². The molecular formula is C13H19NO3. The second kappa shape index (κ2) is 7.04. The van der Waals surface area contributed by atoms with E-state index in [0.717, 1.165) is 6.42 Å². The average molecular weight is 237 g/mol. The molecule has 4 heteroatoms. The molecule has 2 atom stereocenters. The molecule has 0 amide bonds. The number of carboxylic acid groups (broad SMARTS) is 1. The Labute approximate surface area is 102 Å². The minimum absolute atomic E-state index is 0.0913. The van der Waals surface area contributed by atoms with Crippen molar-refractivity contribution in [1.82, 2.24) is 5.32 Å². The molecule has 4 nitrogen and oxygen atoms in total. The van der Waals surface area contributed by atoms with Crippen LogP contribution in [0.2, 0.25) is 0 Å². The molecular weight excluding hydrogens is 218 g/mol. The van der Waals surface area contributed by atoms with E-state index < -0.39 is 12.0 Å². The van der Waals surface area contributed by atoms with Crippen LogP contribution in [0.25, 0.3) is 0 Å². The molecule has 0 spiro atoms. The number of rotatable bonds is 7. The van der Waals surface area contributed by atoms with Gasteiger partial charge < -0.3 is 9.84 Å². The molecule has 1 rings (SSSR count). The van der Waals surface area contributed by atoms with E-state index in [-0.39, 0.29) is 12.6 Å². The Bertz CT molecular complexity index is 340. The van der Waals surface area contributed by atoms with Gasteiger partial charge in [0.15, 0.2) is 0 Å². The van der Waals surface area contributed by atoms with Crippen molar-refractivity contribution in [2.24, 2.45) is 0 Å². The van der Waals surface area contributed by atoms with E-state index in [2.05, 4.69) is 5.32 Å². The fourth-order valence-corrected chi connectivity index (χ4v) is 1.73. The number of ether oxygens (including phenoxy) is 1. The van der Waals surface area contributed by atoms with E-state index in [9.17, 15) is 4.79 Å². The van der Waals surface area contributed by atoms with Gasteiger partial charge in [-0.2, -0.15) is 0 Å². The van der Waals surface area contributed by atoms with Gasteiger partial charge in [-0.25, -0.2) is 0 Å². The number of nitrogens with one attached hydrogen (secondary N) is 1. The monoisotopic (exact) mass is 237 g/mol. The van der Waals surface area contributed by atoms with E-state index in [0.29, 0.717) is 0 Å².